The van der Waals surface area contributed by atoms with E-state index in [0.29, 0.717) is 22.2 Å². The molecule has 4 aromatic rings. The number of hydrogen-bond acceptors (Lipinski definition) is 5. The van der Waals surface area contributed by atoms with Gasteiger partial charge in [-0.05, 0) is 36.8 Å². The summed E-state index contributed by atoms with van der Waals surface area (Å²) in [5.41, 5.74) is 4.99. The SMILES string of the molecule is Cc1ccccc1N/N=C/c1c(O)n(-c2ccccn2)c(=O)c2ccccc12. The van der Waals surface area contributed by atoms with Crippen LogP contribution < -0.4 is 11.0 Å². The first kappa shape index (κ1) is 17.5. The average molecular weight is 370 g/mol. The van der Waals surface area contributed by atoms with Crippen LogP contribution in [0.4, 0.5) is 5.69 Å². The molecule has 0 unspecified atom stereocenters. The average Bonchev–Trinajstić information content (AvgIpc) is 2.73. The van der Waals surface area contributed by atoms with Gasteiger partial charge in [-0.2, -0.15) is 5.10 Å². The predicted molar refractivity (Wildman–Crippen MR) is 111 cm³/mol. The molecule has 2 aromatic heterocycles. The number of anilines is 1. The largest absolute Gasteiger partial charge is 0.494 e. The Kier molecular flexibility index (Phi) is 4.60. The number of nitrogens with zero attached hydrogens (tertiary/aromatic N) is 3. The molecule has 6 nitrogen and oxygen atoms in total. The summed E-state index contributed by atoms with van der Waals surface area (Å²) in [6, 6.07) is 20.1. The van der Waals surface area contributed by atoms with E-state index in [2.05, 4.69) is 15.5 Å². The van der Waals surface area contributed by atoms with Crippen LogP contribution in [0.3, 0.4) is 0 Å². The molecule has 28 heavy (non-hydrogen) atoms. The quantitative estimate of drug-likeness (QED) is 0.422. The van der Waals surface area contributed by atoms with Gasteiger partial charge in [0.05, 0.1) is 17.5 Å². The summed E-state index contributed by atoms with van der Waals surface area (Å²) in [6.45, 7) is 1.98. The van der Waals surface area contributed by atoms with Crippen LogP contribution in [0.15, 0.2) is 82.8 Å². The van der Waals surface area contributed by atoms with Gasteiger partial charge in [-0.15, -0.1) is 0 Å². The van der Waals surface area contributed by atoms with E-state index in [1.807, 2.05) is 37.3 Å². The van der Waals surface area contributed by atoms with E-state index in [-0.39, 0.29) is 11.4 Å². The Morgan fingerprint density at radius 3 is 2.46 bits per heavy atom. The van der Waals surface area contributed by atoms with Crippen molar-refractivity contribution in [1.82, 2.24) is 9.55 Å². The molecule has 0 saturated carbocycles. The Balaban J connectivity index is 1.87. The van der Waals surface area contributed by atoms with Crippen molar-refractivity contribution < 1.29 is 5.11 Å². The lowest BCUT2D eigenvalue weighted by Gasteiger charge is -2.12. The molecule has 2 N–H and O–H groups in total. The van der Waals surface area contributed by atoms with Crippen LogP contribution in [-0.4, -0.2) is 20.9 Å². The highest BCUT2D eigenvalue weighted by Crippen LogP contribution is 2.25. The standard InChI is InChI=1S/C22H18N4O2/c1-15-8-2-5-11-19(15)25-24-14-18-16-9-3-4-10-17(16)21(27)26(22(18)28)20-12-6-7-13-23-20/h2-14,25,28H,1H3/b24-14+. The number of fused-ring (bicyclic) bond motifs is 1. The number of nitrogens with one attached hydrogen (secondary N) is 1. The maximum absolute atomic E-state index is 12.9. The van der Waals surface area contributed by atoms with E-state index in [4.69, 9.17) is 0 Å². The summed E-state index contributed by atoms with van der Waals surface area (Å²) in [4.78, 5) is 17.1. The van der Waals surface area contributed by atoms with Crippen LogP contribution >= 0.6 is 0 Å². The molecule has 0 radical (unpaired) electrons. The third kappa shape index (κ3) is 3.12. The summed E-state index contributed by atoms with van der Waals surface area (Å²) < 4.78 is 1.19. The van der Waals surface area contributed by atoms with E-state index < -0.39 is 0 Å². The monoisotopic (exact) mass is 370 g/mol. The molecule has 0 amide bonds. The van der Waals surface area contributed by atoms with Crippen molar-refractivity contribution >= 4 is 22.7 Å². The molecule has 0 aliphatic carbocycles. The number of para-hydroxylation sites is 1. The molecule has 2 heterocycles. The zero-order valence-corrected chi connectivity index (χ0v) is 15.2. The van der Waals surface area contributed by atoms with E-state index in [1.165, 1.54) is 10.8 Å². The van der Waals surface area contributed by atoms with Gasteiger partial charge in [-0.1, -0.05) is 42.5 Å². The molecule has 138 valence electrons. The molecule has 2 aromatic carbocycles. The highest BCUT2D eigenvalue weighted by Gasteiger charge is 2.16. The van der Waals surface area contributed by atoms with Gasteiger partial charge in [0.15, 0.2) is 0 Å². The number of hydrogen-bond donors (Lipinski definition) is 2. The first-order valence-electron chi connectivity index (χ1n) is 8.79. The number of pyridine rings is 2. The van der Waals surface area contributed by atoms with Crippen molar-refractivity contribution in [2.75, 3.05) is 5.43 Å². The Hall–Kier alpha value is -3.93. The lowest BCUT2D eigenvalue weighted by Crippen LogP contribution is -2.21. The topological polar surface area (TPSA) is 79.5 Å². The van der Waals surface area contributed by atoms with Gasteiger partial charge >= 0.3 is 0 Å². The third-order valence-corrected chi connectivity index (χ3v) is 4.51. The molecule has 0 fully saturated rings. The molecule has 0 saturated heterocycles. The summed E-state index contributed by atoms with van der Waals surface area (Å²) >= 11 is 0. The second-order valence-corrected chi connectivity index (χ2v) is 6.30. The normalized spacial score (nSPS) is 11.2. The number of benzene rings is 2. The number of aromatic hydroxyl groups is 1. The third-order valence-electron chi connectivity index (χ3n) is 4.51. The molecule has 6 heteroatoms. The number of aromatic nitrogens is 2. The molecule has 0 aliphatic rings. The molecular weight excluding hydrogens is 352 g/mol. The lowest BCUT2D eigenvalue weighted by molar-refractivity contribution is 0.435. The van der Waals surface area contributed by atoms with Crippen molar-refractivity contribution in [1.29, 1.82) is 0 Å². The Morgan fingerprint density at radius 1 is 1.00 bits per heavy atom. The summed E-state index contributed by atoms with van der Waals surface area (Å²) in [6.07, 6.45) is 3.09. The molecule has 0 spiro atoms. The van der Waals surface area contributed by atoms with E-state index in [0.717, 1.165) is 11.3 Å². The van der Waals surface area contributed by atoms with Crippen molar-refractivity contribution in [3.8, 4) is 11.7 Å². The second kappa shape index (κ2) is 7.36. The Bertz CT molecular complexity index is 1230. The predicted octanol–water partition coefficient (Wildman–Crippen LogP) is 3.85. The summed E-state index contributed by atoms with van der Waals surface area (Å²) in [7, 11) is 0. The van der Waals surface area contributed by atoms with Gasteiger partial charge in [0.2, 0.25) is 5.88 Å². The van der Waals surface area contributed by atoms with Crippen molar-refractivity contribution in [2.24, 2.45) is 5.10 Å². The van der Waals surface area contributed by atoms with E-state index in [1.54, 1.807) is 42.6 Å². The van der Waals surface area contributed by atoms with Gasteiger partial charge in [0.25, 0.3) is 5.56 Å². The van der Waals surface area contributed by atoms with Crippen LogP contribution in [0.5, 0.6) is 5.88 Å². The molecule has 0 bridgehead atoms. The summed E-state index contributed by atoms with van der Waals surface area (Å²) in [5, 5.41) is 16.2. The van der Waals surface area contributed by atoms with Gasteiger partial charge < -0.3 is 5.11 Å². The molecule has 4 rings (SSSR count). The fraction of sp³-hybridized carbons (Fsp3) is 0.0455. The second-order valence-electron chi connectivity index (χ2n) is 6.30. The fourth-order valence-corrected chi connectivity index (χ4v) is 3.05. The smallest absolute Gasteiger partial charge is 0.267 e. The maximum atomic E-state index is 12.9. The van der Waals surface area contributed by atoms with Gasteiger partial charge in [0.1, 0.15) is 5.82 Å². The first-order chi connectivity index (χ1) is 13.7. The number of hydrazone groups is 1. The van der Waals surface area contributed by atoms with E-state index >= 15 is 0 Å². The van der Waals surface area contributed by atoms with Crippen molar-refractivity contribution in [3.05, 3.63) is 94.4 Å². The van der Waals surface area contributed by atoms with Gasteiger partial charge in [-0.3, -0.25) is 10.2 Å². The zero-order valence-electron chi connectivity index (χ0n) is 15.2. The van der Waals surface area contributed by atoms with E-state index in [9.17, 15) is 9.90 Å². The number of rotatable bonds is 4. The van der Waals surface area contributed by atoms with Crippen LogP contribution in [-0.2, 0) is 0 Å². The summed E-state index contributed by atoms with van der Waals surface area (Å²) in [5.74, 6) is 0.134. The molecule has 0 atom stereocenters. The minimum atomic E-state index is -0.337. The van der Waals surface area contributed by atoms with Crippen LogP contribution in [0.2, 0.25) is 0 Å². The minimum Gasteiger partial charge on any atom is -0.494 e. The van der Waals surface area contributed by atoms with Crippen LogP contribution in [0.1, 0.15) is 11.1 Å². The first-order valence-corrected chi connectivity index (χ1v) is 8.79. The zero-order chi connectivity index (χ0) is 19.5. The van der Waals surface area contributed by atoms with Gasteiger partial charge in [0, 0.05) is 17.0 Å². The van der Waals surface area contributed by atoms with Gasteiger partial charge in [-0.25, -0.2) is 9.55 Å². The van der Waals surface area contributed by atoms with Crippen LogP contribution in [0, 0.1) is 6.92 Å². The van der Waals surface area contributed by atoms with Crippen LogP contribution in [0.25, 0.3) is 16.6 Å². The Labute approximate surface area is 161 Å². The Morgan fingerprint density at radius 2 is 1.71 bits per heavy atom. The highest BCUT2D eigenvalue weighted by molar-refractivity contribution is 6.01. The van der Waals surface area contributed by atoms with Crippen molar-refractivity contribution in [3.63, 3.8) is 0 Å². The highest BCUT2D eigenvalue weighted by atomic mass is 16.3. The lowest BCUT2D eigenvalue weighted by atomic mass is 10.1. The number of aryl methyl sites for hydroxylation is 1. The molecular formula is C22H18N4O2. The molecule has 0 aliphatic heterocycles. The maximum Gasteiger partial charge on any atom is 0.267 e. The minimum absolute atomic E-state index is 0.210. The van der Waals surface area contributed by atoms with Crippen molar-refractivity contribution in [2.45, 2.75) is 6.92 Å². The fourth-order valence-electron chi connectivity index (χ4n) is 3.05.